The molecular weight excluding hydrogens is 340 g/mol. The molecule has 0 aliphatic rings. The van der Waals surface area contributed by atoms with Crippen LogP contribution in [0.4, 0.5) is 11.4 Å². The number of nitrogens with one attached hydrogen (secondary N) is 1. The smallest absolute Gasteiger partial charge is 0.138 e. The van der Waals surface area contributed by atoms with E-state index in [-0.39, 0.29) is 12.4 Å². The lowest BCUT2D eigenvalue weighted by molar-refractivity contribution is 1.47. The standard InChI is InChI=1S/C23H18N2.ClH/c1-3-12-19(13-4-1)24-23(25-20-14-5-2-6-15-20)22-17-9-11-18-10-7-8-16-21(18)22;/h1-17H,(H,24,25);1H. The third kappa shape index (κ3) is 3.93. The zero-order valence-corrected chi connectivity index (χ0v) is 15.0. The molecule has 0 fully saturated rings. The first-order valence-electron chi connectivity index (χ1n) is 8.34. The van der Waals surface area contributed by atoms with Gasteiger partial charge in [-0.1, -0.05) is 78.9 Å². The number of anilines is 1. The molecule has 0 radical (unpaired) electrons. The van der Waals surface area contributed by atoms with E-state index in [1.54, 1.807) is 0 Å². The molecule has 0 aliphatic heterocycles. The molecule has 0 atom stereocenters. The summed E-state index contributed by atoms with van der Waals surface area (Å²) in [5, 5.41) is 5.87. The number of amidine groups is 1. The molecule has 0 saturated carbocycles. The molecule has 0 heterocycles. The fraction of sp³-hybridized carbons (Fsp3) is 0. The van der Waals surface area contributed by atoms with Crippen LogP contribution in [0.25, 0.3) is 10.8 Å². The lowest BCUT2D eigenvalue weighted by Crippen LogP contribution is -2.13. The molecule has 3 heteroatoms. The average Bonchev–Trinajstić information content (AvgIpc) is 2.69. The summed E-state index contributed by atoms with van der Waals surface area (Å²) in [6, 6.07) is 34.9. The second-order valence-corrected chi connectivity index (χ2v) is 5.81. The van der Waals surface area contributed by atoms with Gasteiger partial charge in [-0.05, 0) is 35.0 Å². The minimum atomic E-state index is 0. The maximum absolute atomic E-state index is 4.88. The monoisotopic (exact) mass is 358 g/mol. The molecule has 26 heavy (non-hydrogen) atoms. The average molecular weight is 359 g/mol. The molecule has 0 bridgehead atoms. The van der Waals surface area contributed by atoms with Crippen LogP contribution in [0.2, 0.25) is 0 Å². The molecule has 4 rings (SSSR count). The Morgan fingerprint density at radius 2 is 1.23 bits per heavy atom. The molecule has 128 valence electrons. The SMILES string of the molecule is Cl.c1ccc(N=C(Nc2ccccc2)c2cccc3ccccc23)cc1. The van der Waals surface area contributed by atoms with Crippen molar-refractivity contribution in [3.8, 4) is 0 Å². The van der Waals surface area contributed by atoms with Gasteiger partial charge in [0.05, 0.1) is 5.69 Å². The molecule has 2 nitrogen and oxygen atoms in total. The van der Waals surface area contributed by atoms with E-state index in [1.165, 1.54) is 10.8 Å². The Hall–Kier alpha value is -3.10. The molecule has 0 aliphatic carbocycles. The van der Waals surface area contributed by atoms with Gasteiger partial charge in [-0.25, -0.2) is 4.99 Å². The lowest BCUT2D eigenvalue weighted by atomic mass is 10.0. The number of halogens is 1. The topological polar surface area (TPSA) is 24.4 Å². The van der Waals surface area contributed by atoms with Gasteiger partial charge in [0.2, 0.25) is 0 Å². The van der Waals surface area contributed by atoms with Crippen LogP contribution in [0.15, 0.2) is 108 Å². The van der Waals surface area contributed by atoms with Crippen molar-refractivity contribution in [3.63, 3.8) is 0 Å². The van der Waals surface area contributed by atoms with Gasteiger partial charge in [0.25, 0.3) is 0 Å². The van der Waals surface area contributed by atoms with E-state index in [2.05, 4.69) is 47.8 Å². The quantitative estimate of drug-likeness (QED) is 0.330. The summed E-state index contributed by atoms with van der Waals surface area (Å²) in [6.45, 7) is 0. The number of fused-ring (bicyclic) bond motifs is 1. The molecule has 0 saturated heterocycles. The van der Waals surface area contributed by atoms with Crippen molar-refractivity contribution >= 4 is 40.4 Å². The summed E-state index contributed by atoms with van der Waals surface area (Å²) in [6.07, 6.45) is 0. The number of nitrogens with zero attached hydrogens (tertiary/aromatic N) is 1. The van der Waals surface area contributed by atoms with E-state index in [4.69, 9.17) is 4.99 Å². The molecule has 0 amide bonds. The fourth-order valence-corrected chi connectivity index (χ4v) is 2.88. The molecule has 0 spiro atoms. The predicted molar refractivity (Wildman–Crippen MR) is 114 cm³/mol. The van der Waals surface area contributed by atoms with Crippen molar-refractivity contribution in [2.45, 2.75) is 0 Å². The van der Waals surface area contributed by atoms with Gasteiger partial charge in [-0.3, -0.25) is 0 Å². The minimum absolute atomic E-state index is 0. The normalized spacial score (nSPS) is 11.0. The Kier molecular flexibility index (Phi) is 5.67. The third-order valence-corrected chi connectivity index (χ3v) is 4.08. The summed E-state index contributed by atoms with van der Waals surface area (Å²) in [7, 11) is 0. The van der Waals surface area contributed by atoms with Gasteiger partial charge in [0.15, 0.2) is 0 Å². The number of hydrogen-bond donors (Lipinski definition) is 1. The van der Waals surface area contributed by atoms with Crippen molar-refractivity contribution in [3.05, 3.63) is 109 Å². The Balaban J connectivity index is 0.00000196. The second-order valence-electron chi connectivity index (χ2n) is 5.81. The van der Waals surface area contributed by atoms with Crippen molar-refractivity contribution in [2.24, 2.45) is 4.99 Å². The van der Waals surface area contributed by atoms with E-state index in [0.717, 1.165) is 22.8 Å². The van der Waals surface area contributed by atoms with Crippen molar-refractivity contribution in [1.82, 2.24) is 0 Å². The molecule has 4 aromatic carbocycles. The van der Waals surface area contributed by atoms with Crippen LogP contribution in [0.1, 0.15) is 5.56 Å². The van der Waals surface area contributed by atoms with Crippen LogP contribution in [-0.2, 0) is 0 Å². The Morgan fingerprint density at radius 3 is 2.00 bits per heavy atom. The van der Waals surface area contributed by atoms with Gasteiger partial charge in [0.1, 0.15) is 5.84 Å². The van der Waals surface area contributed by atoms with E-state index in [9.17, 15) is 0 Å². The Bertz CT molecular complexity index is 1010. The maximum Gasteiger partial charge on any atom is 0.138 e. The summed E-state index contributed by atoms with van der Waals surface area (Å²) in [5.74, 6) is 0.842. The fourth-order valence-electron chi connectivity index (χ4n) is 2.88. The van der Waals surface area contributed by atoms with E-state index < -0.39 is 0 Å². The molecule has 4 aromatic rings. The van der Waals surface area contributed by atoms with E-state index >= 15 is 0 Å². The van der Waals surface area contributed by atoms with Gasteiger partial charge >= 0.3 is 0 Å². The van der Waals surface area contributed by atoms with Crippen LogP contribution < -0.4 is 5.32 Å². The number of para-hydroxylation sites is 2. The highest BCUT2D eigenvalue weighted by Gasteiger charge is 2.09. The van der Waals surface area contributed by atoms with Crippen molar-refractivity contribution in [1.29, 1.82) is 0 Å². The van der Waals surface area contributed by atoms with Gasteiger partial charge in [0, 0.05) is 11.3 Å². The predicted octanol–water partition coefficient (Wildman–Crippen LogP) is 6.45. The number of benzene rings is 4. The van der Waals surface area contributed by atoms with Gasteiger partial charge in [-0.15, -0.1) is 12.4 Å². The van der Waals surface area contributed by atoms with Gasteiger partial charge < -0.3 is 5.32 Å². The lowest BCUT2D eigenvalue weighted by Gasteiger charge is -2.13. The largest absolute Gasteiger partial charge is 0.340 e. The maximum atomic E-state index is 4.88. The van der Waals surface area contributed by atoms with Crippen LogP contribution in [-0.4, -0.2) is 5.84 Å². The third-order valence-electron chi connectivity index (χ3n) is 4.08. The zero-order valence-electron chi connectivity index (χ0n) is 14.2. The summed E-state index contributed by atoms with van der Waals surface area (Å²) < 4.78 is 0. The first-order valence-corrected chi connectivity index (χ1v) is 8.34. The van der Waals surface area contributed by atoms with Crippen LogP contribution in [0.3, 0.4) is 0 Å². The molecule has 1 N–H and O–H groups in total. The zero-order chi connectivity index (χ0) is 16.9. The van der Waals surface area contributed by atoms with Crippen LogP contribution in [0, 0.1) is 0 Å². The molecule has 0 aromatic heterocycles. The van der Waals surface area contributed by atoms with Crippen LogP contribution >= 0.6 is 12.4 Å². The number of rotatable bonds is 3. The Labute approximate surface area is 159 Å². The highest BCUT2D eigenvalue weighted by Crippen LogP contribution is 2.22. The minimum Gasteiger partial charge on any atom is -0.340 e. The highest BCUT2D eigenvalue weighted by atomic mass is 35.5. The van der Waals surface area contributed by atoms with Crippen molar-refractivity contribution in [2.75, 3.05) is 5.32 Å². The van der Waals surface area contributed by atoms with E-state index in [1.807, 2.05) is 60.7 Å². The van der Waals surface area contributed by atoms with Gasteiger partial charge in [-0.2, -0.15) is 0 Å². The first-order chi connectivity index (χ1) is 12.4. The Morgan fingerprint density at radius 1 is 0.615 bits per heavy atom. The molecular formula is C23H19ClN2. The number of aliphatic imine (C=N–C) groups is 1. The van der Waals surface area contributed by atoms with E-state index in [0.29, 0.717) is 0 Å². The summed E-state index contributed by atoms with van der Waals surface area (Å²) in [4.78, 5) is 4.88. The van der Waals surface area contributed by atoms with Crippen LogP contribution in [0.5, 0.6) is 0 Å². The number of hydrogen-bond acceptors (Lipinski definition) is 1. The summed E-state index contributed by atoms with van der Waals surface area (Å²) >= 11 is 0. The second kappa shape index (κ2) is 8.32. The summed E-state index contributed by atoms with van der Waals surface area (Å²) in [5.41, 5.74) is 3.03. The molecule has 0 unspecified atom stereocenters. The highest BCUT2D eigenvalue weighted by molar-refractivity contribution is 6.16. The van der Waals surface area contributed by atoms with Crippen molar-refractivity contribution < 1.29 is 0 Å². The first kappa shape index (κ1) is 17.7.